The van der Waals surface area contributed by atoms with E-state index >= 15 is 0 Å². The Hall–Kier alpha value is -3.19. The molecule has 5 rings (SSSR count). The molecule has 1 saturated heterocycles. The van der Waals surface area contributed by atoms with Gasteiger partial charge in [-0.05, 0) is 69.6 Å². The van der Waals surface area contributed by atoms with E-state index in [0.29, 0.717) is 25.6 Å². The Morgan fingerprint density at radius 1 is 0.949 bits per heavy atom. The molecule has 0 bridgehead atoms. The van der Waals surface area contributed by atoms with E-state index in [2.05, 4.69) is 22.8 Å². The van der Waals surface area contributed by atoms with Gasteiger partial charge in [-0.2, -0.15) is 0 Å². The minimum absolute atomic E-state index is 0.0212. The Kier molecular flexibility index (Phi) is 8.36. The average Bonchev–Trinajstić information content (AvgIpc) is 3.55. The van der Waals surface area contributed by atoms with Crippen LogP contribution in [0.1, 0.15) is 69.9 Å². The number of likely N-dealkylation sites (tertiary alicyclic amines) is 1. The number of amides is 3. The fourth-order valence-corrected chi connectivity index (χ4v) is 6.49. The largest absolute Gasteiger partial charge is 0.343 e. The maximum atomic E-state index is 13.7. The standard InChI is InChI=1S/C32H42N4O3/c1-32(2)26-14-8-9-15-28(26)36(31(32)39)25-18-20-35(21-19-25)30(38)27(17-16-23-10-4-3-5-11-23)34-29(37)22-33-24-12-6-7-13-24/h3-5,8-11,14-15,24-25,27,33H,6-7,12-13,16-22H2,1-2H3,(H,34,37). The van der Waals surface area contributed by atoms with E-state index in [1.54, 1.807) is 0 Å². The molecule has 208 valence electrons. The van der Waals surface area contributed by atoms with Gasteiger partial charge in [0.2, 0.25) is 17.7 Å². The molecule has 39 heavy (non-hydrogen) atoms. The predicted octanol–water partition coefficient (Wildman–Crippen LogP) is 3.95. The monoisotopic (exact) mass is 530 g/mol. The lowest BCUT2D eigenvalue weighted by molar-refractivity contribution is -0.137. The minimum Gasteiger partial charge on any atom is -0.343 e. The van der Waals surface area contributed by atoms with Crippen LogP contribution >= 0.6 is 0 Å². The van der Waals surface area contributed by atoms with Crippen molar-refractivity contribution in [2.24, 2.45) is 0 Å². The number of carbonyl (C=O) groups is 3. The lowest BCUT2D eigenvalue weighted by atomic mass is 9.86. The summed E-state index contributed by atoms with van der Waals surface area (Å²) >= 11 is 0. The number of hydrogen-bond acceptors (Lipinski definition) is 4. The van der Waals surface area contributed by atoms with Crippen molar-refractivity contribution in [2.75, 3.05) is 24.5 Å². The second-order valence-electron chi connectivity index (χ2n) is 11.9. The van der Waals surface area contributed by atoms with Gasteiger partial charge in [0, 0.05) is 30.9 Å². The van der Waals surface area contributed by atoms with E-state index in [1.165, 1.54) is 12.8 Å². The van der Waals surface area contributed by atoms with Gasteiger partial charge in [-0.3, -0.25) is 14.4 Å². The normalized spacial score (nSPS) is 20.2. The molecule has 3 amide bonds. The first kappa shape index (κ1) is 27.4. The van der Waals surface area contributed by atoms with Gasteiger partial charge in [0.25, 0.3) is 0 Å². The van der Waals surface area contributed by atoms with Crippen molar-refractivity contribution in [3.05, 3.63) is 65.7 Å². The molecule has 1 saturated carbocycles. The number of carbonyl (C=O) groups excluding carboxylic acids is 3. The summed E-state index contributed by atoms with van der Waals surface area (Å²) in [6.45, 7) is 5.39. The number of fused-ring (bicyclic) bond motifs is 1. The van der Waals surface area contributed by atoms with Crippen molar-refractivity contribution < 1.29 is 14.4 Å². The maximum absolute atomic E-state index is 13.7. The third-order valence-corrected chi connectivity index (χ3v) is 8.84. The zero-order valence-electron chi connectivity index (χ0n) is 23.3. The molecule has 2 fully saturated rings. The van der Waals surface area contributed by atoms with Gasteiger partial charge in [0.05, 0.1) is 12.0 Å². The van der Waals surface area contributed by atoms with Crippen LogP contribution in [0.15, 0.2) is 54.6 Å². The first-order chi connectivity index (χ1) is 18.8. The lowest BCUT2D eigenvalue weighted by Crippen LogP contribution is -2.55. The van der Waals surface area contributed by atoms with Crippen LogP contribution in [0.5, 0.6) is 0 Å². The van der Waals surface area contributed by atoms with Gasteiger partial charge >= 0.3 is 0 Å². The number of rotatable bonds is 9. The van der Waals surface area contributed by atoms with Crippen LogP contribution in [0.2, 0.25) is 0 Å². The van der Waals surface area contributed by atoms with Crippen LogP contribution in [0.25, 0.3) is 0 Å². The second kappa shape index (κ2) is 11.9. The summed E-state index contributed by atoms with van der Waals surface area (Å²) in [5, 5.41) is 6.41. The zero-order valence-corrected chi connectivity index (χ0v) is 23.3. The van der Waals surface area contributed by atoms with Crippen LogP contribution in [-0.2, 0) is 26.2 Å². The highest BCUT2D eigenvalue weighted by atomic mass is 16.2. The summed E-state index contributed by atoms with van der Waals surface area (Å²) in [6.07, 6.45) is 7.37. The molecule has 0 aromatic heterocycles. The number of benzene rings is 2. The molecule has 7 nitrogen and oxygen atoms in total. The smallest absolute Gasteiger partial charge is 0.245 e. The molecule has 2 aliphatic heterocycles. The molecule has 1 atom stereocenters. The minimum atomic E-state index is -0.562. The van der Waals surface area contributed by atoms with Gasteiger partial charge in [-0.1, -0.05) is 61.4 Å². The van der Waals surface area contributed by atoms with Crippen molar-refractivity contribution >= 4 is 23.4 Å². The topological polar surface area (TPSA) is 81.8 Å². The van der Waals surface area contributed by atoms with E-state index in [4.69, 9.17) is 0 Å². The SMILES string of the molecule is CC1(C)C(=O)N(C2CCN(C(=O)C(CCc3ccccc3)NC(=O)CNC3CCCC3)CC2)c2ccccc21. The van der Waals surface area contributed by atoms with Gasteiger partial charge in [0.15, 0.2) is 0 Å². The highest BCUT2D eigenvalue weighted by Gasteiger charge is 2.46. The number of hydrogen-bond donors (Lipinski definition) is 2. The second-order valence-corrected chi connectivity index (χ2v) is 11.9. The van der Waals surface area contributed by atoms with Crippen molar-refractivity contribution in [3.63, 3.8) is 0 Å². The number of para-hydroxylation sites is 1. The lowest BCUT2D eigenvalue weighted by Gasteiger charge is -2.38. The van der Waals surface area contributed by atoms with Gasteiger partial charge in [-0.15, -0.1) is 0 Å². The fourth-order valence-electron chi connectivity index (χ4n) is 6.49. The molecular weight excluding hydrogens is 488 g/mol. The third-order valence-electron chi connectivity index (χ3n) is 8.84. The molecule has 2 aromatic carbocycles. The summed E-state index contributed by atoms with van der Waals surface area (Å²) < 4.78 is 0. The Bertz CT molecular complexity index is 1170. The molecule has 1 aliphatic carbocycles. The summed E-state index contributed by atoms with van der Waals surface area (Å²) in [4.78, 5) is 43.8. The van der Waals surface area contributed by atoms with Gasteiger partial charge in [-0.25, -0.2) is 0 Å². The first-order valence-electron chi connectivity index (χ1n) is 14.6. The van der Waals surface area contributed by atoms with E-state index in [-0.39, 0.29) is 30.3 Å². The summed E-state index contributed by atoms with van der Waals surface area (Å²) in [6, 6.07) is 18.1. The predicted molar refractivity (Wildman–Crippen MR) is 154 cm³/mol. The molecular formula is C32H42N4O3. The van der Waals surface area contributed by atoms with Gasteiger partial charge in [0.1, 0.15) is 6.04 Å². The molecule has 1 unspecified atom stereocenters. The molecule has 3 aliphatic rings. The molecule has 0 spiro atoms. The highest BCUT2D eigenvalue weighted by Crippen LogP contribution is 2.43. The Morgan fingerprint density at radius 2 is 1.62 bits per heavy atom. The third kappa shape index (κ3) is 6.03. The van der Waals surface area contributed by atoms with Crippen LogP contribution in [0, 0.1) is 0 Å². The summed E-state index contributed by atoms with van der Waals surface area (Å²) in [7, 11) is 0. The molecule has 2 N–H and O–H groups in total. The fraction of sp³-hybridized carbons (Fsp3) is 0.531. The van der Waals surface area contributed by atoms with E-state index in [0.717, 1.165) is 48.9 Å². The van der Waals surface area contributed by atoms with E-state index < -0.39 is 11.5 Å². The van der Waals surface area contributed by atoms with Crippen molar-refractivity contribution in [1.82, 2.24) is 15.5 Å². The maximum Gasteiger partial charge on any atom is 0.245 e. The highest BCUT2D eigenvalue weighted by molar-refractivity contribution is 6.08. The number of anilines is 1. The quantitative estimate of drug-likeness (QED) is 0.515. The number of nitrogens with one attached hydrogen (secondary N) is 2. The first-order valence-corrected chi connectivity index (χ1v) is 14.6. The summed E-state index contributed by atoms with van der Waals surface area (Å²) in [5.41, 5.74) is 2.69. The van der Waals surface area contributed by atoms with Crippen LogP contribution < -0.4 is 15.5 Å². The molecule has 0 radical (unpaired) electrons. The number of piperidine rings is 1. The summed E-state index contributed by atoms with van der Waals surface area (Å²) in [5.74, 6) is -0.00647. The molecule has 2 heterocycles. The van der Waals surface area contributed by atoms with Crippen molar-refractivity contribution in [1.29, 1.82) is 0 Å². The van der Waals surface area contributed by atoms with E-state index in [1.807, 2.05) is 66.1 Å². The van der Waals surface area contributed by atoms with Crippen molar-refractivity contribution in [3.8, 4) is 0 Å². The Labute approximate surface area is 232 Å². The van der Waals surface area contributed by atoms with E-state index in [9.17, 15) is 14.4 Å². The Morgan fingerprint density at radius 3 is 2.33 bits per heavy atom. The van der Waals surface area contributed by atoms with Crippen LogP contribution in [0.4, 0.5) is 5.69 Å². The number of nitrogens with zero attached hydrogens (tertiary/aromatic N) is 2. The number of aryl methyl sites for hydroxylation is 1. The Balaban J connectivity index is 1.22. The van der Waals surface area contributed by atoms with Crippen molar-refractivity contribution in [2.45, 2.75) is 88.8 Å². The van der Waals surface area contributed by atoms with Crippen LogP contribution in [0.3, 0.4) is 0 Å². The van der Waals surface area contributed by atoms with Gasteiger partial charge < -0.3 is 20.4 Å². The molecule has 7 heteroatoms. The zero-order chi connectivity index (χ0) is 27.4. The molecule has 2 aromatic rings. The average molecular weight is 531 g/mol. The van der Waals surface area contributed by atoms with Crippen LogP contribution in [-0.4, -0.2) is 60.4 Å².